The van der Waals surface area contributed by atoms with Gasteiger partial charge in [-0.05, 0) is 0 Å². The van der Waals surface area contributed by atoms with Crippen LogP contribution in [0.5, 0.6) is 0 Å². The Balaban J connectivity index is -0.000000143. The molecule has 0 saturated heterocycles. The van der Waals surface area contributed by atoms with Crippen LogP contribution >= 0.6 is 0 Å². The maximum atomic E-state index is 9.40. The zero-order valence-electron chi connectivity index (χ0n) is 7.09. The van der Waals surface area contributed by atoms with Gasteiger partial charge in [0, 0.05) is 11.9 Å². The summed E-state index contributed by atoms with van der Waals surface area (Å²) < 4.78 is 0. The average molecular weight is 238 g/mol. The van der Waals surface area contributed by atoms with E-state index < -0.39 is 24.0 Å². The van der Waals surface area contributed by atoms with Crippen LogP contribution in [0.1, 0.15) is 13.8 Å². The summed E-state index contributed by atoms with van der Waals surface area (Å²) >= 11 is 0. The predicted octanol–water partition coefficient (Wildman–Crippen LogP) is -1.65. The summed E-state index contributed by atoms with van der Waals surface area (Å²) in [6.45, 7) is 2.49. The number of carboxylic acid groups (broad SMARTS) is 2. The van der Waals surface area contributed by atoms with Crippen LogP contribution < -0.4 is 10.2 Å². The molecule has 0 amide bonds. The molecule has 0 spiro atoms. The first kappa shape index (κ1) is 18.2. The normalized spacial score (nSPS) is 12.6. The van der Waals surface area contributed by atoms with Crippen LogP contribution in [0, 0.1) is 0 Å². The van der Waals surface area contributed by atoms with Gasteiger partial charge in [-0.15, -0.1) is 12.1 Å². The summed E-state index contributed by atoms with van der Waals surface area (Å²) in [5, 5.41) is 18.8. The Morgan fingerprint density at radius 3 is 1.08 bits per heavy atom. The molecule has 7 heteroatoms. The number of rotatable bonds is 2. The first-order valence-corrected chi connectivity index (χ1v) is 3.13. The fraction of sp³-hybridized carbons (Fsp3) is 0.667. The van der Waals surface area contributed by atoms with Gasteiger partial charge in [-0.25, -0.2) is 0 Å². The van der Waals surface area contributed by atoms with Gasteiger partial charge in [-0.3, -0.25) is 0 Å². The van der Waals surface area contributed by atoms with Gasteiger partial charge in [-0.1, -0.05) is 13.8 Å². The van der Waals surface area contributed by atoms with Crippen molar-refractivity contribution in [1.29, 1.82) is 0 Å². The van der Waals surface area contributed by atoms with E-state index in [-0.39, 0.29) is 17.1 Å². The van der Waals surface area contributed by atoms with Crippen LogP contribution in [0.25, 0.3) is 11.5 Å². The number of nitrogens with one attached hydrogen (secondary N) is 2. The SMILES string of the molecule is C[C@H]([NH-])C(=O)[O-].C[C@H]([NH-])C(=O)[O-].[Cu+2]. The number of carboxylic acids is 2. The molecular formula is C6H10CuN2O4-2. The van der Waals surface area contributed by atoms with Gasteiger partial charge in [-0.2, -0.15) is 0 Å². The van der Waals surface area contributed by atoms with Crippen molar-refractivity contribution in [2.45, 2.75) is 25.9 Å². The number of carbonyl (C=O) groups is 2. The molecule has 0 aromatic carbocycles. The van der Waals surface area contributed by atoms with Crippen LogP contribution in [-0.4, -0.2) is 24.0 Å². The third kappa shape index (κ3) is 18.4. The maximum absolute atomic E-state index is 9.40. The van der Waals surface area contributed by atoms with E-state index in [0.717, 1.165) is 0 Å². The second-order valence-corrected chi connectivity index (χ2v) is 2.08. The fourth-order valence-electron chi connectivity index (χ4n) is 0. The van der Waals surface area contributed by atoms with E-state index in [2.05, 4.69) is 0 Å². The third-order valence-electron chi connectivity index (χ3n) is 0.707. The van der Waals surface area contributed by atoms with Crippen LogP contribution in [0.2, 0.25) is 0 Å². The van der Waals surface area contributed by atoms with Crippen molar-refractivity contribution in [3.05, 3.63) is 11.5 Å². The molecule has 0 aromatic rings. The monoisotopic (exact) mass is 237 g/mol. The van der Waals surface area contributed by atoms with Crippen LogP contribution in [0.4, 0.5) is 0 Å². The van der Waals surface area contributed by atoms with Gasteiger partial charge in [0.25, 0.3) is 0 Å². The minimum absolute atomic E-state index is 0. The van der Waals surface area contributed by atoms with E-state index in [0.29, 0.717) is 0 Å². The van der Waals surface area contributed by atoms with Gasteiger partial charge in [0.2, 0.25) is 0 Å². The van der Waals surface area contributed by atoms with Crippen molar-refractivity contribution in [2.75, 3.05) is 0 Å². The van der Waals surface area contributed by atoms with Crippen LogP contribution in [0.3, 0.4) is 0 Å². The van der Waals surface area contributed by atoms with E-state index in [1.807, 2.05) is 0 Å². The predicted molar refractivity (Wildman–Crippen MR) is 37.6 cm³/mol. The molecule has 0 heterocycles. The van der Waals surface area contributed by atoms with Gasteiger partial charge in [0.05, 0.1) is 0 Å². The molecule has 81 valence electrons. The molecule has 0 unspecified atom stereocenters. The van der Waals surface area contributed by atoms with Crippen molar-refractivity contribution in [3.8, 4) is 0 Å². The molecule has 0 aliphatic rings. The molecule has 2 atom stereocenters. The van der Waals surface area contributed by atoms with E-state index in [4.69, 9.17) is 11.5 Å². The standard InChI is InChI=1S/2C3H6NO2.Cu/c2*1-2(4)3(5)6;/h2*2,4H,1H3,(H,5,6);/q2*-1;+2/p-2/t2*2-;/m00./s1. The average Bonchev–Trinajstić information content (AvgIpc) is 1.88. The Bertz CT molecular complexity index is 143. The minimum Gasteiger partial charge on any atom is -0.670 e. The van der Waals surface area contributed by atoms with E-state index in [9.17, 15) is 19.8 Å². The first-order valence-electron chi connectivity index (χ1n) is 3.13. The third-order valence-corrected chi connectivity index (χ3v) is 0.707. The van der Waals surface area contributed by atoms with Crippen molar-refractivity contribution >= 4 is 11.9 Å². The molecule has 0 aliphatic carbocycles. The molecule has 13 heavy (non-hydrogen) atoms. The maximum Gasteiger partial charge on any atom is 2.00 e. The first-order chi connectivity index (χ1) is 5.29. The van der Waals surface area contributed by atoms with Gasteiger partial charge in [0.15, 0.2) is 0 Å². The molecular weight excluding hydrogens is 228 g/mol. The Hall–Kier alpha value is -0.621. The molecule has 0 aliphatic heterocycles. The van der Waals surface area contributed by atoms with E-state index in [1.54, 1.807) is 0 Å². The largest absolute Gasteiger partial charge is 2.00 e. The van der Waals surface area contributed by atoms with Crippen molar-refractivity contribution in [1.82, 2.24) is 0 Å². The summed E-state index contributed by atoms with van der Waals surface area (Å²) in [6.07, 6.45) is 0. The Labute approximate surface area is 86.8 Å². The number of carbonyl (C=O) groups excluding carboxylic acids is 2. The molecule has 0 aromatic heterocycles. The minimum atomic E-state index is -1.32. The summed E-state index contributed by atoms with van der Waals surface area (Å²) in [5.74, 6) is -2.65. The van der Waals surface area contributed by atoms with Gasteiger partial charge < -0.3 is 31.3 Å². The molecule has 1 radical (unpaired) electrons. The molecule has 0 rings (SSSR count). The van der Waals surface area contributed by atoms with E-state index >= 15 is 0 Å². The second kappa shape index (κ2) is 9.47. The zero-order chi connectivity index (χ0) is 10.3. The van der Waals surface area contributed by atoms with Gasteiger partial charge in [0.1, 0.15) is 0 Å². The fourth-order valence-corrected chi connectivity index (χ4v) is 0. The molecule has 0 fully saturated rings. The number of hydrogen-bond acceptors (Lipinski definition) is 4. The van der Waals surface area contributed by atoms with E-state index in [1.165, 1.54) is 13.8 Å². The van der Waals surface area contributed by atoms with Gasteiger partial charge >= 0.3 is 17.1 Å². The summed E-state index contributed by atoms with van der Waals surface area (Å²) in [6, 6.07) is -2.19. The smallest absolute Gasteiger partial charge is 0.670 e. The Morgan fingerprint density at radius 1 is 1.00 bits per heavy atom. The number of hydrogen-bond donors (Lipinski definition) is 0. The molecule has 2 N–H and O–H groups in total. The molecule has 6 nitrogen and oxygen atoms in total. The van der Waals surface area contributed by atoms with Crippen molar-refractivity contribution in [2.24, 2.45) is 0 Å². The summed E-state index contributed by atoms with van der Waals surface area (Å²) in [4.78, 5) is 18.8. The summed E-state index contributed by atoms with van der Waals surface area (Å²) in [5.41, 5.74) is 12.7. The van der Waals surface area contributed by atoms with Crippen molar-refractivity contribution < 1.29 is 36.9 Å². The molecule has 0 bridgehead atoms. The zero-order valence-corrected chi connectivity index (χ0v) is 8.03. The van der Waals surface area contributed by atoms with Crippen LogP contribution in [-0.2, 0) is 26.7 Å². The quantitative estimate of drug-likeness (QED) is 0.533. The number of aliphatic carboxylic acids is 2. The van der Waals surface area contributed by atoms with Crippen molar-refractivity contribution in [3.63, 3.8) is 0 Å². The summed E-state index contributed by atoms with van der Waals surface area (Å²) in [7, 11) is 0. The van der Waals surface area contributed by atoms with Crippen LogP contribution in [0.15, 0.2) is 0 Å². The Morgan fingerprint density at radius 2 is 1.08 bits per heavy atom. The second-order valence-electron chi connectivity index (χ2n) is 2.08. The molecule has 0 saturated carbocycles. The Kier molecular flexibility index (Phi) is 13.3. The topological polar surface area (TPSA) is 128 Å².